The van der Waals surface area contributed by atoms with Crippen molar-refractivity contribution in [1.82, 2.24) is 25.4 Å². The van der Waals surface area contributed by atoms with Gasteiger partial charge in [0.05, 0.1) is 6.42 Å². The van der Waals surface area contributed by atoms with Crippen LogP contribution in [0, 0.1) is 0 Å². The van der Waals surface area contributed by atoms with Crippen molar-refractivity contribution in [2.75, 3.05) is 23.9 Å². The number of amides is 2. The third-order valence-electron chi connectivity index (χ3n) is 4.86. The van der Waals surface area contributed by atoms with Crippen molar-refractivity contribution in [3.63, 3.8) is 0 Å². The summed E-state index contributed by atoms with van der Waals surface area (Å²) in [4.78, 5) is 62.7. The van der Waals surface area contributed by atoms with Crippen molar-refractivity contribution < 1.29 is 29.0 Å². The number of aromatic nitrogens is 3. The number of ether oxygens (including phenoxy) is 1. The number of hydrogen-bond donors (Lipinski definition) is 3. The monoisotopic (exact) mass is 589 g/mol. The van der Waals surface area contributed by atoms with Crippen molar-refractivity contribution in [3.8, 4) is 0 Å². The minimum atomic E-state index is -1.20. The summed E-state index contributed by atoms with van der Waals surface area (Å²) in [7, 11) is 0. The number of nitrogens with zero attached hydrogens (tertiary/aromatic N) is 3. The Bertz CT molecular complexity index is 1270. The van der Waals surface area contributed by atoms with Crippen LogP contribution in [0.25, 0.3) is 0 Å². The third-order valence-corrected chi connectivity index (χ3v) is 10.2. The van der Waals surface area contributed by atoms with Gasteiger partial charge in [-0.25, -0.2) is 4.79 Å². The highest BCUT2D eigenvalue weighted by Gasteiger charge is 2.54. The largest absolute Gasteiger partial charge is 0.477 e. The van der Waals surface area contributed by atoms with E-state index in [2.05, 4.69) is 20.5 Å². The number of aromatic amines is 1. The predicted molar refractivity (Wildman–Crippen MR) is 136 cm³/mol. The van der Waals surface area contributed by atoms with E-state index in [1.165, 1.54) is 58.4 Å². The maximum absolute atomic E-state index is 12.8. The van der Waals surface area contributed by atoms with E-state index < -0.39 is 29.2 Å². The molecule has 0 spiro atoms. The second-order valence-electron chi connectivity index (χ2n) is 7.37. The number of H-pyrrole nitrogens is 1. The topological polar surface area (TPSA) is 172 Å². The Morgan fingerprint density at radius 1 is 1.28 bits per heavy atom. The molecule has 192 valence electrons. The molecule has 0 radical (unpaired) electrons. The van der Waals surface area contributed by atoms with Gasteiger partial charge in [0.25, 0.3) is 5.91 Å². The molecule has 2 atom stereocenters. The van der Waals surface area contributed by atoms with Gasteiger partial charge in [-0.3, -0.25) is 24.1 Å². The fourth-order valence-corrected chi connectivity index (χ4v) is 8.34. The van der Waals surface area contributed by atoms with Gasteiger partial charge in [0.2, 0.25) is 5.91 Å². The first-order valence-corrected chi connectivity index (χ1v) is 15.0. The molecule has 36 heavy (non-hydrogen) atoms. The molecule has 1 unspecified atom stereocenters. The van der Waals surface area contributed by atoms with Crippen LogP contribution in [0.1, 0.15) is 12.6 Å². The highest BCUT2D eigenvalue weighted by molar-refractivity contribution is 8.03. The number of β-lactam (4-membered cyclic amide) rings is 1. The molecule has 1 saturated heterocycles. The fraction of sp³-hybridized carbons (Fsp3) is 0.421. The molecule has 2 aromatic rings. The van der Waals surface area contributed by atoms with Crippen molar-refractivity contribution >= 4 is 81.7 Å². The molecule has 0 aromatic carbocycles. The zero-order valence-electron chi connectivity index (χ0n) is 18.5. The number of carbonyl (C=O) groups excluding carboxylic acids is 3. The molecule has 3 N–H and O–H groups in total. The van der Waals surface area contributed by atoms with E-state index in [1.54, 1.807) is 5.38 Å². The first kappa shape index (κ1) is 26.7. The number of thioether (sulfide) groups is 3. The Morgan fingerprint density at radius 3 is 2.69 bits per heavy atom. The number of hydrogen-bond acceptors (Lipinski definition) is 13. The molecular formula is C19H19N5O7S5. The number of fused-ring (bicyclic) bond motifs is 1. The summed E-state index contributed by atoms with van der Waals surface area (Å²) in [5.74, 6) is -1.21. The van der Waals surface area contributed by atoms with Crippen LogP contribution in [0.5, 0.6) is 0 Å². The highest BCUT2D eigenvalue weighted by atomic mass is 32.2. The van der Waals surface area contributed by atoms with Gasteiger partial charge in [-0.1, -0.05) is 46.2 Å². The molecule has 2 aliphatic rings. The second-order valence-corrected chi connectivity index (χ2v) is 12.9. The van der Waals surface area contributed by atoms with Crippen LogP contribution in [0.2, 0.25) is 0 Å². The van der Waals surface area contributed by atoms with Crippen LogP contribution < -0.4 is 10.2 Å². The zero-order chi connectivity index (χ0) is 25.8. The minimum absolute atomic E-state index is 0.0654. The van der Waals surface area contributed by atoms with E-state index in [0.717, 1.165) is 11.3 Å². The first-order valence-electron chi connectivity index (χ1n) is 10.3. The Morgan fingerprint density at radius 2 is 2.03 bits per heavy atom. The van der Waals surface area contributed by atoms with Crippen LogP contribution in [0.15, 0.2) is 30.1 Å². The van der Waals surface area contributed by atoms with Crippen LogP contribution in [0.4, 0.5) is 0 Å². The van der Waals surface area contributed by atoms with Crippen LogP contribution >= 0.6 is 58.0 Å². The first-order chi connectivity index (χ1) is 17.2. The van der Waals surface area contributed by atoms with Crippen molar-refractivity contribution in [2.24, 2.45) is 0 Å². The third kappa shape index (κ3) is 6.31. The van der Waals surface area contributed by atoms with Gasteiger partial charge in [0.15, 0.2) is 8.68 Å². The molecule has 0 aliphatic carbocycles. The number of rotatable bonds is 11. The maximum atomic E-state index is 12.8. The van der Waals surface area contributed by atoms with Gasteiger partial charge < -0.3 is 20.1 Å². The lowest BCUT2D eigenvalue weighted by Crippen LogP contribution is -2.70. The highest BCUT2D eigenvalue weighted by Crippen LogP contribution is 2.42. The number of carboxylic acid groups (broad SMARTS) is 1. The van der Waals surface area contributed by atoms with Gasteiger partial charge in [-0.15, -0.1) is 22.0 Å². The van der Waals surface area contributed by atoms with E-state index in [1.807, 2.05) is 0 Å². The summed E-state index contributed by atoms with van der Waals surface area (Å²) in [5, 5.41) is 21.7. The second kappa shape index (κ2) is 11.8. The summed E-state index contributed by atoms with van der Waals surface area (Å²) in [6.07, 6.45) is -0.0741. The van der Waals surface area contributed by atoms with Crippen molar-refractivity contribution in [1.29, 1.82) is 0 Å². The molecule has 0 saturated carbocycles. The van der Waals surface area contributed by atoms with Gasteiger partial charge >= 0.3 is 16.8 Å². The van der Waals surface area contributed by atoms with Crippen LogP contribution in [0.3, 0.4) is 0 Å². The average Bonchev–Trinajstić information content (AvgIpc) is 3.46. The van der Waals surface area contributed by atoms with Gasteiger partial charge in [0.1, 0.15) is 23.7 Å². The predicted octanol–water partition coefficient (Wildman–Crippen LogP) is 1.02. The SMILES string of the molecule is CC(=O)OCCSc1nnc(SCC2=C(C(=O)O)N3C(=O)C(NC(=O)Cc4csc(=O)[nH]4)[C@@H]3SC2)s1. The lowest BCUT2D eigenvalue weighted by Gasteiger charge is -2.49. The zero-order valence-corrected chi connectivity index (χ0v) is 22.6. The molecule has 2 amide bonds. The quantitative estimate of drug-likeness (QED) is 0.147. The Labute approximate surface area is 224 Å². The van der Waals surface area contributed by atoms with Gasteiger partial charge in [-0.2, -0.15) is 0 Å². The van der Waals surface area contributed by atoms with E-state index in [9.17, 15) is 29.1 Å². The smallest absolute Gasteiger partial charge is 0.352 e. The number of carboxylic acids is 1. The Hall–Kier alpha value is -2.34. The molecule has 4 heterocycles. The fourth-order valence-electron chi connectivity index (χ4n) is 3.37. The number of carbonyl (C=O) groups is 4. The normalized spacial score (nSPS) is 19.0. The molecule has 2 aromatic heterocycles. The summed E-state index contributed by atoms with van der Waals surface area (Å²) >= 11 is 6.42. The Balaban J connectivity index is 1.34. The van der Waals surface area contributed by atoms with Gasteiger partial charge in [-0.05, 0) is 5.57 Å². The van der Waals surface area contributed by atoms with Crippen molar-refractivity contribution in [2.45, 2.75) is 33.4 Å². The standard InChI is InChI=1S/C19H19N5O7S5/c1-8(25)31-2-3-32-18-22-23-19(36-18)35-6-9-5-33-15-12(14(27)24(15)13(9)16(28)29)21-11(26)4-10-7-34-17(30)20-10/h7,12,15H,2-6H2,1H3,(H,20,30)(H,21,26)(H,28,29)/t12?,15-/m0/s1. The number of nitrogens with one attached hydrogen (secondary N) is 2. The molecular weight excluding hydrogens is 571 g/mol. The summed E-state index contributed by atoms with van der Waals surface area (Å²) in [6.45, 7) is 1.62. The summed E-state index contributed by atoms with van der Waals surface area (Å²) in [5.41, 5.74) is 0.974. The van der Waals surface area contributed by atoms with Crippen LogP contribution in [-0.4, -0.2) is 84.2 Å². The van der Waals surface area contributed by atoms with E-state index in [4.69, 9.17) is 4.74 Å². The number of aliphatic carboxylic acids is 1. The lowest BCUT2D eigenvalue weighted by molar-refractivity contribution is -0.150. The van der Waals surface area contributed by atoms with E-state index >= 15 is 0 Å². The van der Waals surface area contributed by atoms with Gasteiger partial charge in [0, 0.05) is 35.3 Å². The molecule has 2 aliphatic heterocycles. The molecule has 1 fully saturated rings. The average molecular weight is 590 g/mol. The van der Waals surface area contributed by atoms with E-state index in [-0.39, 0.29) is 29.6 Å². The number of thiazole rings is 1. The van der Waals surface area contributed by atoms with E-state index in [0.29, 0.717) is 37.2 Å². The molecule has 4 rings (SSSR count). The maximum Gasteiger partial charge on any atom is 0.352 e. The molecule has 0 bridgehead atoms. The molecule has 17 heteroatoms. The molecule has 12 nitrogen and oxygen atoms in total. The number of esters is 1. The van der Waals surface area contributed by atoms with Crippen molar-refractivity contribution in [3.05, 3.63) is 32.0 Å². The Kier molecular flexibility index (Phi) is 8.76. The summed E-state index contributed by atoms with van der Waals surface area (Å²) < 4.78 is 6.24. The summed E-state index contributed by atoms with van der Waals surface area (Å²) in [6, 6.07) is -0.828. The lowest BCUT2D eigenvalue weighted by atomic mass is 10.0. The minimum Gasteiger partial charge on any atom is -0.477 e. The van der Waals surface area contributed by atoms with Crippen LogP contribution in [-0.2, 0) is 30.3 Å².